The fraction of sp³-hybridized carbons (Fsp3) is 0. The molecule has 0 radical (unpaired) electrons. The number of rotatable bonds is 0. The first-order valence-electron chi connectivity index (χ1n) is 2.30. The Hall–Kier alpha value is -0.910. The van der Waals surface area contributed by atoms with Crippen molar-refractivity contribution in [2.24, 2.45) is 10.3 Å². The zero-order chi connectivity index (χ0) is 10.5. The van der Waals surface area contributed by atoms with E-state index in [1.165, 1.54) is 0 Å². The molecule has 0 bridgehead atoms. The van der Waals surface area contributed by atoms with Gasteiger partial charge in [-0.15, -0.1) is 39.5 Å². The van der Waals surface area contributed by atoms with E-state index >= 15 is 0 Å². The molecule has 11 heavy (non-hydrogen) atoms. The molecule has 0 spiro atoms. The molecule has 0 unspecified atom stereocenters. The van der Waals surface area contributed by atoms with Crippen LogP contribution in [0.5, 0.6) is 0 Å². The number of nitrogens with two attached hydrogens (primary N) is 2. The molecular formula is C6H16N2O2S. The molecule has 4 nitrogen and oxygen atoms in total. The molecule has 0 aromatic heterocycles. The Morgan fingerprint density at radius 2 is 0.727 bits per heavy atom. The van der Waals surface area contributed by atoms with Gasteiger partial charge < -0.3 is 0 Å². The van der Waals surface area contributed by atoms with Gasteiger partial charge in [0.25, 0.3) is 10.2 Å². The maximum absolute atomic E-state index is 9.19. The maximum atomic E-state index is 9.19. The second-order valence-electron chi connectivity index (χ2n) is 0.589. The van der Waals surface area contributed by atoms with Crippen molar-refractivity contribution in [3.8, 4) is 0 Å². The minimum absolute atomic E-state index is 3.00. The van der Waals surface area contributed by atoms with Crippen LogP contribution in [0.4, 0.5) is 0 Å². The first-order chi connectivity index (χ1) is 5.00. The molecule has 0 saturated carbocycles. The Balaban J connectivity index is -0.0000000350. The molecular weight excluding hydrogens is 164 g/mol. The minimum atomic E-state index is -3.67. The minimum Gasteiger partial charge on any atom is -0.216 e. The summed E-state index contributed by atoms with van der Waals surface area (Å²) in [5, 5.41) is 8.21. The molecule has 0 aliphatic rings. The zero-order valence-electron chi connectivity index (χ0n) is 6.62. The third-order valence-corrected chi connectivity index (χ3v) is 0. The molecule has 5 heteroatoms. The van der Waals surface area contributed by atoms with Gasteiger partial charge in [-0.1, -0.05) is 0 Å². The fourth-order valence-corrected chi connectivity index (χ4v) is 0. The van der Waals surface area contributed by atoms with Crippen molar-refractivity contribution < 1.29 is 8.42 Å². The van der Waals surface area contributed by atoms with Gasteiger partial charge in [0, 0.05) is 0 Å². The summed E-state index contributed by atoms with van der Waals surface area (Å²) in [5.74, 6) is 0. The molecule has 0 fully saturated rings. The molecule has 0 amide bonds. The zero-order valence-corrected chi connectivity index (χ0v) is 7.44. The number of hydrogen-bond donors (Lipinski definition) is 2. The van der Waals surface area contributed by atoms with Gasteiger partial charge in [-0.2, -0.15) is 8.42 Å². The SMILES string of the molecule is C=C.C=C.C=C.NS(N)(=O)=O. The highest BCUT2D eigenvalue weighted by atomic mass is 32.2. The summed E-state index contributed by atoms with van der Waals surface area (Å²) >= 11 is 0. The highest BCUT2D eigenvalue weighted by Gasteiger charge is 1.78. The average Bonchev–Trinajstić information content (AvgIpc) is 1.96. The predicted octanol–water partition coefficient (Wildman–Crippen LogP) is 0.555. The first-order valence-corrected chi connectivity index (χ1v) is 3.91. The Kier molecular flexibility index (Phi) is 46.9. The summed E-state index contributed by atoms with van der Waals surface area (Å²) in [6, 6.07) is 0. The van der Waals surface area contributed by atoms with Crippen molar-refractivity contribution in [2.45, 2.75) is 0 Å². The van der Waals surface area contributed by atoms with E-state index in [1.54, 1.807) is 0 Å². The van der Waals surface area contributed by atoms with Crippen molar-refractivity contribution in [3.63, 3.8) is 0 Å². The summed E-state index contributed by atoms with van der Waals surface area (Å²) in [6.45, 7) is 18.0. The third kappa shape index (κ3) is 552. The van der Waals surface area contributed by atoms with E-state index < -0.39 is 10.2 Å². The van der Waals surface area contributed by atoms with Gasteiger partial charge >= 0.3 is 0 Å². The van der Waals surface area contributed by atoms with E-state index in [1.807, 2.05) is 0 Å². The largest absolute Gasteiger partial charge is 0.271 e. The van der Waals surface area contributed by atoms with E-state index in [4.69, 9.17) is 0 Å². The van der Waals surface area contributed by atoms with E-state index in [-0.39, 0.29) is 0 Å². The molecule has 0 aromatic rings. The lowest BCUT2D eigenvalue weighted by atomic mass is 11.3. The van der Waals surface area contributed by atoms with Gasteiger partial charge in [-0.25, -0.2) is 10.3 Å². The van der Waals surface area contributed by atoms with Crippen molar-refractivity contribution in [1.82, 2.24) is 0 Å². The highest BCUT2D eigenvalue weighted by molar-refractivity contribution is 7.86. The van der Waals surface area contributed by atoms with Gasteiger partial charge in [0.15, 0.2) is 0 Å². The molecule has 0 heterocycles. The molecule has 0 saturated heterocycles. The number of hydrogen-bond acceptors (Lipinski definition) is 2. The van der Waals surface area contributed by atoms with Crippen molar-refractivity contribution in [2.75, 3.05) is 0 Å². The maximum Gasteiger partial charge on any atom is 0.271 e. The quantitative estimate of drug-likeness (QED) is 0.533. The highest BCUT2D eigenvalue weighted by Crippen LogP contribution is 1.40. The summed E-state index contributed by atoms with van der Waals surface area (Å²) in [5.41, 5.74) is 0. The molecule has 0 aliphatic heterocycles. The van der Waals surface area contributed by atoms with Gasteiger partial charge in [-0.05, 0) is 0 Å². The van der Waals surface area contributed by atoms with Gasteiger partial charge in [0.05, 0.1) is 0 Å². The average molecular weight is 180 g/mol. The van der Waals surface area contributed by atoms with Crippen LogP contribution in [0.15, 0.2) is 39.5 Å². The smallest absolute Gasteiger partial charge is 0.216 e. The molecule has 4 N–H and O–H groups in total. The normalized spacial score (nSPS) is 6.36. The van der Waals surface area contributed by atoms with Gasteiger partial charge in [0.2, 0.25) is 0 Å². The van der Waals surface area contributed by atoms with Crippen LogP contribution < -0.4 is 10.3 Å². The first kappa shape index (κ1) is 22.5. The van der Waals surface area contributed by atoms with Gasteiger partial charge in [-0.3, -0.25) is 0 Å². The Bertz CT molecular complexity index is 130. The van der Waals surface area contributed by atoms with Crippen LogP contribution in [-0.4, -0.2) is 8.42 Å². The van der Waals surface area contributed by atoms with Gasteiger partial charge in [0.1, 0.15) is 0 Å². The van der Waals surface area contributed by atoms with Crippen LogP contribution in [0.3, 0.4) is 0 Å². The van der Waals surface area contributed by atoms with Crippen molar-refractivity contribution >= 4 is 10.2 Å². The molecule has 0 rings (SSSR count). The summed E-state index contributed by atoms with van der Waals surface area (Å²) in [6.07, 6.45) is 0. The third-order valence-electron chi connectivity index (χ3n) is 0. The van der Waals surface area contributed by atoms with Crippen LogP contribution in [0, 0.1) is 0 Å². The lowest BCUT2D eigenvalue weighted by molar-refractivity contribution is 0.599. The van der Waals surface area contributed by atoms with Crippen molar-refractivity contribution in [1.29, 1.82) is 0 Å². The monoisotopic (exact) mass is 180 g/mol. The fourth-order valence-electron chi connectivity index (χ4n) is 0. The van der Waals surface area contributed by atoms with Crippen LogP contribution in [-0.2, 0) is 10.2 Å². The topological polar surface area (TPSA) is 86.2 Å². The summed E-state index contributed by atoms with van der Waals surface area (Å²) in [7, 11) is -3.67. The van der Waals surface area contributed by atoms with Crippen molar-refractivity contribution in [3.05, 3.63) is 39.5 Å². The lowest BCUT2D eigenvalue weighted by Crippen LogP contribution is -2.21. The molecule has 0 aromatic carbocycles. The molecule has 0 atom stereocenters. The standard InChI is InChI=1S/3C2H4.H4N2O2S/c3*1-2;1-5(2,3)4/h3*1-2H2;(H4,1,2,3,4). The van der Waals surface area contributed by atoms with E-state index in [9.17, 15) is 8.42 Å². The van der Waals surface area contributed by atoms with Crippen LogP contribution in [0.25, 0.3) is 0 Å². The van der Waals surface area contributed by atoms with Crippen LogP contribution in [0.1, 0.15) is 0 Å². The second kappa shape index (κ2) is 23.0. The van der Waals surface area contributed by atoms with E-state index in [0.717, 1.165) is 0 Å². The summed E-state index contributed by atoms with van der Waals surface area (Å²) < 4.78 is 18.4. The predicted molar refractivity (Wildman–Crippen MR) is 51.1 cm³/mol. The molecule has 68 valence electrons. The Morgan fingerprint density at radius 3 is 0.727 bits per heavy atom. The Morgan fingerprint density at radius 1 is 0.727 bits per heavy atom. The molecule has 0 aliphatic carbocycles. The lowest BCUT2D eigenvalue weighted by Gasteiger charge is -1.72. The van der Waals surface area contributed by atoms with Crippen LogP contribution in [0.2, 0.25) is 0 Å². The Labute approximate surface area is 69.1 Å². The van der Waals surface area contributed by atoms with E-state index in [0.29, 0.717) is 0 Å². The second-order valence-corrected chi connectivity index (χ2v) is 1.77. The van der Waals surface area contributed by atoms with Crippen LogP contribution >= 0.6 is 0 Å². The summed E-state index contributed by atoms with van der Waals surface area (Å²) in [4.78, 5) is 0. The van der Waals surface area contributed by atoms with E-state index in [2.05, 4.69) is 49.8 Å².